The fourth-order valence-corrected chi connectivity index (χ4v) is 5.11. The van der Waals surface area contributed by atoms with E-state index in [0.717, 1.165) is 15.7 Å². The molecule has 3 N–H and O–H groups in total. The van der Waals surface area contributed by atoms with Gasteiger partial charge in [-0.25, -0.2) is 0 Å². The molecular formula is C18H21BrN3O3+. The Morgan fingerprint density at radius 1 is 1.32 bits per heavy atom. The van der Waals surface area contributed by atoms with Crippen LogP contribution >= 0.6 is 15.9 Å². The number of carbonyl (C=O) groups excluding carboxylic acids is 3. The summed E-state index contributed by atoms with van der Waals surface area (Å²) >= 11 is 3.46. The Morgan fingerprint density at radius 3 is 2.72 bits per heavy atom. The maximum atomic E-state index is 13.2. The molecule has 5 atom stereocenters. The molecule has 6 nitrogen and oxygen atoms in total. The van der Waals surface area contributed by atoms with Crippen molar-refractivity contribution in [2.45, 2.75) is 44.8 Å². The van der Waals surface area contributed by atoms with Crippen LogP contribution < -0.4 is 10.6 Å². The summed E-state index contributed by atoms with van der Waals surface area (Å²) in [7, 11) is 0. The van der Waals surface area contributed by atoms with E-state index in [9.17, 15) is 14.4 Å². The van der Waals surface area contributed by atoms with E-state index in [-0.39, 0.29) is 29.8 Å². The van der Waals surface area contributed by atoms with Gasteiger partial charge in [-0.15, -0.1) is 0 Å². The summed E-state index contributed by atoms with van der Waals surface area (Å²) in [4.78, 5) is 40.6. The minimum Gasteiger partial charge on any atom is -0.326 e. The molecular weight excluding hydrogens is 386 g/mol. The van der Waals surface area contributed by atoms with Crippen molar-refractivity contribution in [2.75, 3.05) is 5.32 Å². The lowest BCUT2D eigenvalue weighted by Gasteiger charge is -2.28. The minimum atomic E-state index is -1.06. The molecule has 1 aromatic rings. The Labute approximate surface area is 154 Å². The topological polar surface area (TPSA) is 83.1 Å². The van der Waals surface area contributed by atoms with E-state index in [1.807, 2.05) is 44.3 Å². The molecule has 0 unspecified atom stereocenters. The number of anilines is 1. The van der Waals surface area contributed by atoms with Crippen molar-refractivity contribution >= 4 is 39.3 Å². The second-order valence-corrected chi connectivity index (χ2v) is 8.26. The number of benzene rings is 1. The molecule has 3 heterocycles. The number of imide groups is 1. The number of hydrogen-bond donors (Lipinski definition) is 2. The van der Waals surface area contributed by atoms with Crippen molar-refractivity contribution in [3.8, 4) is 0 Å². The number of fused-ring (bicyclic) bond motifs is 4. The third-order valence-corrected chi connectivity index (χ3v) is 6.54. The van der Waals surface area contributed by atoms with Crippen LogP contribution in [0.25, 0.3) is 0 Å². The van der Waals surface area contributed by atoms with Crippen molar-refractivity contribution < 1.29 is 19.7 Å². The van der Waals surface area contributed by atoms with Crippen LogP contribution in [0.5, 0.6) is 0 Å². The Morgan fingerprint density at radius 2 is 2.04 bits per heavy atom. The summed E-state index contributed by atoms with van der Waals surface area (Å²) in [6.45, 7) is 5.78. The lowest BCUT2D eigenvalue weighted by Crippen LogP contribution is -2.98. The third-order valence-electron chi connectivity index (χ3n) is 6.05. The van der Waals surface area contributed by atoms with Crippen molar-refractivity contribution in [1.82, 2.24) is 4.90 Å². The smallest absolute Gasteiger partial charge is 0.291 e. The maximum Gasteiger partial charge on any atom is 0.291 e. The summed E-state index contributed by atoms with van der Waals surface area (Å²) < 4.78 is 0.849. The second-order valence-electron chi connectivity index (χ2n) is 7.35. The molecule has 1 aromatic carbocycles. The van der Waals surface area contributed by atoms with Crippen LogP contribution in [0.4, 0.5) is 5.69 Å². The molecule has 0 radical (unpaired) electrons. The molecule has 3 amide bonds. The molecule has 0 aromatic heterocycles. The van der Waals surface area contributed by atoms with E-state index in [2.05, 4.69) is 21.2 Å². The lowest BCUT2D eigenvalue weighted by atomic mass is 9.76. The van der Waals surface area contributed by atoms with Gasteiger partial charge in [0.1, 0.15) is 11.8 Å². The predicted molar refractivity (Wildman–Crippen MR) is 94.4 cm³/mol. The number of nitrogens with zero attached hydrogens (tertiary/aromatic N) is 1. The lowest BCUT2D eigenvalue weighted by molar-refractivity contribution is -0.730. The van der Waals surface area contributed by atoms with E-state index in [0.29, 0.717) is 6.42 Å². The molecule has 0 aliphatic carbocycles. The van der Waals surface area contributed by atoms with Crippen LogP contribution in [-0.4, -0.2) is 34.7 Å². The van der Waals surface area contributed by atoms with Crippen LogP contribution in [0.2, 0.25) is 0 Å². The number of hydrogen-bond acceptors (Lipinski definition) is 3. The van der Waals surface area contributed by atoms with Gasteiger partial charge in [0.05, 0.1) is 11.7 Å². The van der Waals surface area contributed by atoms with E-state index >= 15 is 0 Å². The van der Waals surface area contributed by atoms with E-state index in [1.165, 1.54) is 4.90 Å². The van der Waals surface area contributed by atoms with Gasteiger partial charge in [0, 0.05) is 16.1 Å². The summed E-state index contributed by atoms with van der Waals surface area (Å²) in [5.74, 6) is -1.67. The Balaban J connectivity index is 1.89. The fraction of sp³-hybridized carbons (Fsp3) is 0.500. The number of likely N-dealkylation sites (tertiary alicyclic amines) is 1. The van der Waals surface area contributed by atoms with Gasteiger partial charge in [-0.1, -0.05) is 22.9 Å². The largest absolute Gasteiger partial charge is 0.326 e. The average molecular weight is 407 g/mol. The van der Waals surface area contributed by atoms with Crippen molar-refractivity contribution in [3.63, 3.8) is 0 Å². The first kappa shape index (κ1) is 16.7. The fourth-order valence-electron chi connectivity index (χ4n) is 4.75. The number of amides is 3. The predicted octanol–water partition coefficient (Wildman–Crippen LogP) is 0.962. The molecule has 0 bridgehead atoms. The standard InChI is InChI=1S/C18H20BrN3O3/c1-4-8(2)22-15(23)13-9(3)21-18(14(13)16(22)24)11-7-10(19)5-6-12(11)20-17(18)25/h5-9,13-14,21H,4H2,1-3H3,(H,20,25)/p+1/t8-,9-,13+,14-,18+/m0/s1. The molecule has 3 aliphatic rings. The zero-order valence-electron chi connectivity index (χ0n) is 14.4. The van der Waals surface area contributed by atoms with Crippen LogP contribution in [0.15, 0.2) is 22.7 Å². The summed E-state index contributed by atoms with van der Waals surface area (Å²) in [6.07, 6.45) is 0.705. The van der Waals surface area contributed by atoms with Crippen molar-refractivity contribution in [3.05, 3.63) is 28.2 Å². The SMILES string of the molecule is CC[C@H](C)N1C(=O)[C@@H]2[C@H](C)[NH2+][C@@]3(C(=O)Nc4ccc(Br)cc43)[C@@H]2C1=O. The highest BCUT2D eigenvalue weighted by Crippen LogP contribution is 2.49. The Bertz CT molecular complexity index is 811. The van der Waals surface area contributed by atoms with Gasteiger partial charge in [0.25, 0.3) is 5.91 Å². The van der Waals surface area contributed by atoms with E-state index in [4.69, 9.17) is 0 Å². The molecule has 1 spiro atoms. The number of quaternary nitrogens is 1. The second kappa shape index (κ2) is 5.38. The molecule has 2 fully saturated rings. The van der Waals surface area contributed by atoms with Crippen LogP contribution in [0.3, 0.4) is 0 Å². The first-order valence-corrected chi connectivity index (χ1v) is 9.46. The number of rotatable bonds is 2. The normalized spacial score (nSPS) is 34.5. The Hall–Kier alpha value is -1.73. The molecule has 0 saturated carbocycles. The number of nitrogens with two attached hydrogens (primary N) is 1. The molecule has 3 aliphatic heterocycles. The van der Waals surface area contributed by atoms with Gasteiger partial charge in [0.2, 0.25) is 17.4 Å². The van der Waals surface area contributed by atoms with Crippen LogP contribution in [-0.2, 0) is 19.9 Å². The van der Waals surface area contributed by atoms with Gasteiger partial charge in [-0.3, -0.25) is 19.3 Å². The van der Waals surface area contributed by atoms with Gasteiger partial charge in [0.15, 0.2) is 0 Å². The maximum absolute atomic E-state index is 13.2. The van der Waals surface area contributed by atoms with Crippen LogP contribution in [0.1, 0.15) is 32.8 Å². The Kier molecular flexibility index (Phi) is 3.60. The van der Waals surface area contributed by atoms with Crippen molar-refractivity contribution in [1.29, 1.82) is 0 Å². The average Bonchev–Trinajstić information content (AvgIpc) is 3.12. The molecule has 2 saturated heterocycles. The first-order valence-electron chi connectivity index (χ1n) is 8.67. The zero-order chi connectivity index (χ0) is 18.1. The summed E-state index contributed by atoms with van der Waals surface area (Å²) in [5.41, 5.74) is 0.455. The highest BCUT2D eigenvalue weighted by molar-refractivity contribution is 9.10. The highest BCUT2D eigenvalue weighted by Gasteiger charge is 2.73. The summed E-state index contributed by atoms with van der Waals surface area (Å²) in [5, 5.41) is 4.83. The molecule has 7 heteroatoms. The molecule has 132 valence electrons. The number of halogens is 1. The van der Waals surface area contributed by atoms with E-state index in [1.54, 1.807) is 0 Å². The highest BCUT2D eigenvalue weighted by atomic mass is 79.9. The van der Waals surface area contributed by atoms with Gasteiger partial charge < -0.3 is 10.6 Å². The zero-order valence-corrected chi connectivity index (χ0v) is 16.0. The quantitative estimate of drug-likeness (QED) is 0.717. The van der Waals surface area contributed by atoms with Gasteiger partial charge in [-0.05, 0) is 38.5 Å². The minimum absolute atomic E-state index is 0.133. The molecule has 25 heavy (non-hydrogen) atoms. The first-order chi connectivity index (χ1) is 11.8. The number of nitrogens with one attached hydrogen (secondary N) is 1. The van der Waals surface area contributed by atoms with Gasteiger partial charge in [-0.2, -0.15) is 0 Å². The van der Waals surface area contributed by atoms with Crippen LogP contribution in [0, 0.1) is 11.8 Å². The van der Waals surface area contributed by atoms with Gasteiger partial charge >= 0.3 is 0 Å². The monoisotopic (exact) mass is 406 g/mol. The number of carbonyl (C=O) groups is 3. The van der Waals surface area contributed by atoms with E-state index < -0.39 is 17.4 Å². The summed E-state index contributed by atoms with van der Waals surface area (Å²) in [6, 6.07) is 5.31. The molecule has 4 rings (SSSR count). The third kappa shape index (κ3) is 1.96. The van der Waals surface area contributed by atoms with Crippen molar-refractivity contribution in [2.24, 2.45) is 11.8 Å².